The summed E-state index contributed by atoms with van der Waals surface area (Å²) in [5, 5.41) is 6.80. The van der Waals surface area contributed by atoms with Gasteiger partial charge in [0.2, 0.25) is 0 Å². The summed E-state index contributed by atoms with van der Waals surface area (Å²) in [4.78, 5) is 0. The zero-order valence-corrected chi connectivity index (χ0v) is 15.1. The van der Waals surface area contributed by atoms with Crippen LogP contribution < -0.4 is 20.1 Å². The first kappa shape index (κ1) is 19.3. The molecule has 123 valence electrons. The average Bonchev–Trinajstić information content (AvgIpc) is 2.52. The van der Waals surface area contributed by atoms with Gasteiger partial charge >= 0.3 is 0 Å². The molecule has 0 atom stereocenters. The van der Waals surface area contributed by atoms with Crippen molar-refractivity contribution < 1.29 is 26.5 Å². The quantitative estimate of drug-likeness (QED) is 0.586. The second kappa shape index (κ2) is 10.1. The number of hydrogen-bond donors (Lipinski definition) is 2. The number of ether oxygens (including phenoxy) is 2. The molecule has 0 amide bonds. The molecule has 0 saturated carbocycles. The van der Waals surface area contributed by atoms with Gasteiger partial charge in [0.1, 0.15) is 11.5 Å². The van der Waals surface area contributed by atoms with Crippen LogP contribution in [0.25, 0.3) is 0 Å². The van der Waals surface area contributed by atoms with Crippen molar-refractivity contribution in [1.82, 2.24) is 0 Å². The first-order valence-corrected chi connectivity index (χ1v) is 7.65. The van der Waals surface area contributed by atoms with Crippen LogP contribution in [0.3, 0.4) is 0 Å². The van der Waals surface area contributed by atoms with E-state index in [1.807, 2.05) is 62.4 Å². The van der Waals surface area contributed by atoms with Gasteiger partial charge in [0.15, 0.2) is 5.11 Å². The summed E-state index contributed by atoms with van der Waals surface area (Å²) in [7, 11) is 0. The Morgan fingerprint density at radius 1 is 0.783 bits per heavy atom. The Morgan fingerprint density at radius 2 is 1.13 bits per heavy atom. The topological polar surface area (TPSA) is 42.5 Å². The van der Waals surface area contributed by atoms with Gasteiger partial charge in [-0.05, 0) is 74.6 Å². The first-order chi connectivity index (χ1) is 10.7. The molecule has 4 nitrogen and oxygen atoms in total. The zero-order valence-electron chi connectivity index (χ0n) is 13.1. The van der Waals surface area contributed by atoms with Crippen molar-refractivity contribution in [3.63, 3.8) is 0 Å². The number of benzene rings is 2. The number of nitrogens with one attached hydrogen (secondary N) is 2. The van der Waals surface area contributed by atoms with Gasteiger partial charge in [0.25, 0.3) is 0 Å². The predicted octanol–water partition coefficient (Wildman–Crippen LogP) is 4.29. The third-order valence-corrected chi connectivity index (χ3v) is 3.05. The van der Waals surface area contributed by atoms with Crippen LogP contribution in [0.1, 0.15) is 13.8 Å². The van der Waals surface area contributed by atoms with E-state index < -0.39 is 0 Å². The van der Waals surface area contributed by atoms with Gasteiger partial charge in [-0.25, -0.2) is 0 Å². The van der Waals surface area contributed by atoms with E-state index in [9.17, 15) is 0 Å². The van der Waals surface area contributed by atoms with Crippen molar-refractivity contribution in [2.75, 3.05) is 23.8 Å². The first-order valence-electron chi connectivity index (χ1n) is 7.25. The molecule has 2 aromatic carbocycles. The molecule has 0 aliphatic carbocycles. The fourth-order valence-corrected chi connectivity index (χ4v) is 2.13. The van der Waals surface area contributed by atoms with E-state index in [2.05, 4.69) is 10.6 Å². The monoisotopic (exact) mass is 371 g/mol. The Labute approximate surface area is 153 Å². The van der Waals surface area contributed by atoms with Gasteiger partial charge in [-0.3, -0.25) is 0 Å². The largest absolute Gasteiger partial charge is 0.494 e. The Bertz CT molecular complexity index is 549. The van der Waals surface area contributed by atoms with Crippen LogP contribution >= 0.6 is 12.2 Å². The minimum atomic E-state index is 0. The SMILES string of the molecule is CCOc1ccc(NC(=S)Nc2ccc(OCC)cc2)cc1.[Mn]. The summed E-state index contributed by atoms with van der Waals surface area (Å²) < 4.78 is 10.8. The molecular formula is C17H20MnN2O2S. The molecule has 23 heavy (non-hydrogen) atoms. The summed E-state index contributed by atoms with van der Waals surface area (Å²) >= 11 is 5.30. The maximum absolute atomic E-state index is 5.40. The molecule has 0 heterocycles. The van der Waals surface area contributed by atoms with E-state index in [1.54, 1.807) is 0 Å². The van der Waals surface area contributed by atoms with Gasteiger partial charge in [-0.2, -0.15) is 0 Å². The number of anilines is 2. The standard InChI is InChI=1S/C17H20N2O2S.Mn/c1-3-20-15-9-5-13(6-10-15)18-17(22)19-14-7-11-16(12-8-14)21-4-2;/h5-12H,3-4H2,1-2H3,(H2,18,19,22);. The molecule has 2 aromatic rings. The van der Waals surface area contributed by atoms with Crippen LogP contribution in [0, 0.1) is 0 Å². The van der Waals surface area contributed by atoms with Crippen LogP contribution in [0.15, 0.2) is 48.5 Å². The molecule has 6 heteroatoms. The van der Waals surface area contributed by atoms with Gasteiger partial charge in [0, 0.05) is 28.4 Å². The van der Waals surface area contributed by atoms with Gasteiger partial charge in [-0.15, -0.1) is 0 Å². The zero-order chi connectivity index (χ0) is 15.8. The van der Waals surface area contributed by atoms with Crippen LogP contribution in [0.5, 0.6) is 11.5 Å². The van der Waals surface area contributed by atoms with Crippen molar-refractivity contribution in [2.24, 2.45) is 0 Å². The fourth-order valence-electron chi connectivity index (χ4n) is 1.90. The Hall–Kier alpha value is -1.75. The second-order valence-electron chi connectivity index (χ2n) is 4.49. The van der Waals surface area contributed by atoms with Gasteiger partial charge < -0.3 is 20.1 Å². The molecule has 0 spiro atoms. The van der Waals surface area contributed by atoms with E-state index in [4.69, 9.17) is 21.7 Å². The fraction of sp³-hybridized carbons (Fsp3) is 0.235. The van der Waals surface area contributed by atoms with Gasteiger partial charge in [-0.1, -0.05) is 0 Å². The number of hydrogen-bond acceptors (Lipinski definition) is 3. The van der Waals surface area contributed by atoms with Crippen LogP contribution in [-0.4, -0.2) is 18.3 Å². The normalized spacial score (nSPS) is 9.48. The number of thiocarbonyl (C=S) groups is 1. The van der Waals surface area contributed by atoms with Crippen LogP contribution in [-0.2, 0) is 17.1 Å². The molecule has 0 saturated heterocycles. The third kappa shape index (κ3) is 6.48. The Morgan fingerprint density at radius 3 is 1.43 bits per heavy atom. The molecule has 0 fully saturated rings. The number of rotatable bonds is 6. The molecule has 0 aromatic heterocycles. The summed E-state index contributed by atoms with van der Waals surface area (Å²) in [6, 6.07) is 15.3. The van der Waals surface area contributed by atoms with Crippen molar-refractivity contribution >= 4 is 28.7 Å². The third-order valence-electron chi connectivity index (χ3n) is 2.85. The van der Waals surface area contributed by atoms with E-state index in [1.165, 1.54) is 0 Å². The molecule has 0 aliphatic heterocycles. The van der Waals surface area contributed by atoms with Gasteiger partial charge in [0.05, 0.1) is 13.2 Å². The van der Waals surface area contributed by atoms with Crippen molar-refractivity contribution in [1.29, 1.82) is 0 Å². The van der Waals surface area contributed by atoms with Crippen molar-refractivity contribution in [3.05, 3.63) is 48.5 Å². The van der Waals surface area contributed by atoms with E-state index in [0.29, 0.717) is 18.3 Å². The molecule has 0 unspecified atom stereocenters. The summed E-state index contributed by atoms with van der Waals surface area (Å²) in [6.07, 6.45) is 0. The van der Waals surface area contributed by atoms with Crippen LogP contribution in [0.4, 0.5) is 11.4 Å². The minimum Gasteiger partial charge on any atom is -0.494 e. The summed E-state index contributed by atoms with van der Waals surface area (Å²) in [5.74, 6) is 1.69. The van der Waals surface area contributed by atoms with E-state index in [-0.39, 0.29) is 17.1 Å². The maximum Gasteiger partial charge on any atom is 0.175 e. The molecule has 2 N–H and O–H groups in total. The summed E-state index contributed by atoms with van der Waals surface area (Å²) in [5.41, 5.74) is 1.82. The maximum atomic E-state index is 5.40. The second-order valence-corrected chi connectivity index (χ2v) is 4.90. The molecule has 1 radical (unpaired) electrons. The van der Waals surface area contributed by atoms with E-state index in [0.717, 1.165) is 22.9 Å². The predicted molar refractivity (Wildman–Crippen MR) is 95.1 cm³/mol. The molecule has 0 aliphatic rings. The van der Waals surface area contributed by atoms with Crippen molar-refractivity contribution in [3.8, 4) is 11.5 Å². The summed E-state index contributed by atoms with van der Waals surface area (Å²) in [6.45, 7) is 5.24. The smallest absolute Gasteiger partial charge is 0.175 e. The molecule has 0 bridgehead atoms. The Kier molecular flexibility index (Phi) is 8.48. The molecular weight excluding hydrogens is 351 g/mol. The molecule has 2 rings (SSSR count). The van der Waals surface area contributed by atoms with E-state index >= 15 is 0 Å². The van der Waals surface area contributed by atoms with Crippen molar-refractivity contribution in [2.45, 2.75) is 13.8 Å². The average molecular weight is 371 g/mol. The minimum absolute atomic E-state index is 0. The Balaban J connectivity index is 0.00000264. The van der Waals surface area contributed by atoms with Crippen LogP contribution in [0.2, 0.25) is 0 Å².